The van der Waals surface area contributed by atoms with Crippen LogP contribution in [0.2, 0.25) is 0 Å². The van der Waals surface area contributed by atoms with E-state index >= 15 is 0 Å². The molecule has 1 aromatic carbocycles. The molecule has 0 aromatic heterocycles. The van der Waals surface area contributed by atoms with E-state index in [4.69, 9.17) is 14.2 Å². The van der Waals surface area contributed by atoms with Gasteiger partial charge in [-0.3, -0.25) is 4.99 Å². The van der Waals surface area contributed by atoms with Crippen molar-refractivity contribution >= 4 is 29.9 Å². The number of aliphatic imine (C=N–C) groups is 1. The lowest BCUT2D eigenvalue weighted by molar-refractivity contribution is 0.271. The Labute approximate surface area is 193 Å². The summed E-state index contributed by atoms with van der Waals surface area (Å²) in [5.74, 6) is 2.67. The van der Waals surface area contributed by atoms with Crippen molar-refractivity contribution < 1.29 is 14.2 Å². The summed E-state index contributed by atoms with van der Waals surface area (Å²) >= 11 is 0. The molecule has 8 heteroatoms. The van der Waals surface area contributed by atoms with Crippen molar-refractivity contribution in [2.75, 3.05) is 54.6 Å². The molecule has 0 amide bonds. The zero-order valence-electron chi connectivity index (χ0n) is 18.8. The van der Waals surface area contributed by atoms with Crippen molar-refractivity contribution in [3.8, 4) is 17.2 Å². The first-order valence-electron chi connectivity index (χ1n) is 10.1. The maximum absolute atomic E-state index is 5.41. The minimum Gasteiger partial charge on any atom is -0.493 e. The molecule has 1 aromatic rings. The molecule has 0 aliphatic carbocycles. The zero-order valence-corrected chi connectivity index (χ0v) is 21.2. The highest BCUT2D eigenvalue weighted by Gasteiger charge is 2.13. The van der Waals surface area contributed by atoms with Gasteiger partial charge < -0.3 is 29.7 Å². The van der Waals surface area contributed by atoms with Gasteiger partial charge in [0.05, 0.1) is 21.3 Å². The van der Waals surface area contributed by atoms with Crippen molar-refractivity contribution in [1.82, 2.24) is 15.5 Å². The third kappa shape index (κ3) is 9.75. The standard InChI is InChI=1S/C21H38N4O3.HI/c1-7-11-25(12-8-2)13-9-10-23-21(22-3)24-16-17-14-18(26-4)20(28-6)19(15-17)27-5;/h14-15H,7-13,16H2,1-6H3,(H2,22,23,24);1H. The molecule has 0 bridgehead atoms. The van der Waals surface area contributed by atoms with Crippen LogP contribution in [-0.2, 0) is 6.54 Å². The van der Waals surface area contributed by atoms with E-state index in [2.05, 4.69) is 34.4 Å². The van der Waals surface area contributed by atoms with Crippen LogP contribution in [-0.4, -0.2) is 65.4 Å². The summed E-state index contributed by atoms with van der Waals surface area (Å²) in [6.07, 6.45) is 3.49. The predicted octanol–water partition coefficient (Wildman–Crippen LogP) is 3.51. The Hall–Kier alpha value is -1.42. The molecule has 168 valence electrons. The summed E-state index contributed by atoms with van der Waals surface area (Å²) in [5.41, 5.74) is 1.02. The van der Waals surface area contributed by atoms with E-state index in [1.54, 1.807) is 28.4 Å². The molecule has 1 rings (SSSR count). The Balaban J connectivity index is 0.00000784. The smallest absolute Gasteiger partial charge is 0.203 e. The number of halogens is 1. The van der Waals surface area contributed by atoms with Crippen LogP contribution in [0.3, 0.4) is 0 Å². The maximum Gasteiger partial charge on any atom is 0.203 e. The first kappa shape index (κ1) is 27.6. The highest BCUT2D eigenvalue weighted by molar-refractivity contribution is 14.0. The van der Waals surface area contributed by atoms with E-state index in [9.17, 15) is 0 Å². The molecule has 0 fully saturated rings. The van der Waals surface area contributed by atoms with Crippen LogP contribution >= 0.6 is 24.0 Å². The van der Waals surface area contributed by atoms with E-state index in [1.807, 2.05) is 12.1 Å². The van der Waals surface area contributed by atoms with Crippen LogP contribution in [0.25, 0.3) is 0 Å². The van der Waals surface area contributed by atoms with Crippen molar-refractivity contribution in [3.05, 3.63) is 17.7 Å². The second-order valence-electron chi connectivity index (χ2n) is 6.58. The highest BCUT2D eigenvalue weighted by atomic mass is 127. The summed E-state index contributed by atoms with van der Waals surface area (Å²) in [5, 5.41) is 6.72. The van der Waals surface area contributed by atoms with Gasteiger partial charge in [-0.15, -0.1) is 24.0 Å². The number of benzene rings is 1. The summed E-state index contributed by atoms with van der Waals surface area (Å²) in [6.45, 7) is 9.40. The largest absolute Gasteiger partial charge is 0.493 e. The molecule has 0 unspecified atom stereocenters. The maximum atomic E-state index is 5.41. The molecule has 0 saturated carbocycles. The monoisotopic (exact) mass is 522 g/mol. The molecule has 0 heterocycles. The van der Waals surface area contributed by atoms with Gasteiger partial charge in [0.1, 0.15) is 0 Å². The van der Waals surface area contributed by atoms with Gasteiger partial charge in [0.15, 0.2) is 17.5 Å². The fourth-order valence-corrected chi connectivity index (χ4v) is 3.12. The summed E-state index contributed by atoms with van der Waals surface area (Å²) < 4.78 is 16.2. The number of methoxy groups -OCH3 is 3. The minimum atomic E-state index is 0. The molecule has 0 spiro atoms. The SMILES string of the molecule is CCCN(CCC)CCCNC(=NC)NCc1cc(OC)c(OC)c(OC)c1.I. The third-order valence-corrected chi connectivity index (χ3v) is 4.43. The summed E-state index contributed by atoms with van der Waals surface area (Å²) in [4.78, 5) is 6.83. The number of nitrogens with zero attached hydrogens (tertiary/aromatic N) is 2. The number of nitrogens with one attached hydrogen (secondary N) is 2. The van der Waals surface area contributed by atoms with Crippen molar-refractivity contribution in [3.63, 3.8) is 0 Å². The average Bonchev–Trinajstić information content (AvgIpc) is 2.72. The third-order valence-electron chi connectivity index (χ3n) is 4.43. The number of ether oxygens (including phenoxy) is 3. The second kappa shape index (κ2) is 16.4. The van der Waals surface area contributed by atoms with E-state index < -0.39 is 0 Å². The topological polar surface area (TPSA) is 67.4 Å². The fourth-order valence-electron chi connectivity index (χ4n) is 3.12. The minimum absolute atomic E-state index is 0. The van der Waals surface area contributed by atoms with E-state index in [0.717, 1.165) is 31.0 Å². The number of hydrogen-bond donors (Lipinski definition) is 2. The first-order chi connectivity index (χ1) is 13.6. The molecular weight excluding hydrogens is 483 g/mol. The zero-order chi connectivity index (χ0) is 20.8. The Bertz CT molecular complexity index is 568. The molecule has 0 aliphatic rings. The Morgan fingerprint density at radius 2 is 1.52 bits per heavy atom. The Morgan fingerprint density at radius 1 is 0.931 bits per heavy atom. The van der Waals surface area contributed by atoms with Gasteiger partial charge in [0, 0.05) is 20.1 Å². The van der Waals surface area contributed by atoms with Gasteiger partial charge in [-0.1, -0.05) is 13.8 Å². The Morgan fingerprint density at radius 3 is 1.97 bits per heavy atom. The van der Waals surface area contributed by atoms with Gasteiger partial charge in [-0.05, 0) is 56.6 Å². The molecular formula is C21H39IN4O3. The molecule has 0 radical (unpaired) electrons. The lowest BCUT2D eigenvalue weighted by Crippen LogP contribution is -2.38. The second-order valence-corrected chi connectivity index (χ2v) is 6.58. The highest BCUT2D eigenvalue weighted by Crippen LogP contribution is 2.38. The van der Waals surface area contributed by atoms with Crippen LogP contribution in [0.4, 0.5) is 0 Å². The molecule has 0 aliphatic heterocycles. The number of guanidine groups is 1. The lowest BCUT2D eigenvalue weighted by atomic mass is 10.2. The molecule has 29 heavy (non-hydrogen) atoms. The molecule has 7 nitrogen and oxygen atoms in total. The first-order valence-corrected chi connectivity index (χ1v) is 10.1. The van der Waals surface area contributed by atoms with E-state index in [0.29, 0.717) is 23.8 Å². The summed E-state index contributed by atoms with van der Waals surface area (Å²) in [6, 6.07) is 3.88. The summed E-state index contributed by atoms with van der Waals surface area (Å²) in [7, 11) is 6.63. The van der Waals surface area contributed by atoms with Gasteiger partial charge in [0.25, 0.3) is 0 Å². The van der Waals surface area contributed by atoms with Crippen molar-refractivity contribution in [2.24, 2.45) is 4.99 Å². The average molecular weight is 522 g/mol. The van der Waals surface area contributed by atoms with Crippen LogP contribution < -0.4 is 24.8 Å². The fraction of sp³-hybridized carbons (Fsp3) is 0.667. The number of hydrogen-bond acceptors (Lipinski definition) is 5. The molecule has 0 atom stereocenters. The van der Waals surface area contributed by atoms with Crippen LogP contribution in [0.15, 0.2) is 17.1 Å². The van der Waals surface area contributed by atoms with Crippen LogP contribution in [0, 0.1) is 0 Å². The predicted molar refractivity (Wildman–Crippen MR) is 131 cm³/mol. The molecule has 2 N–H and O–H groups in total. The van der Waals surface area contributed by atoms with E-state index in [1.165, 1.54) is 25.9 Å². The van der Waals surface area contributed by atoms with Crippen molar-refractivity contribution in [1.29, 1.82) is 0 Å². The Kier molecular flexibility index (Phi) is 15.6. The van der Waals surface area contributed by atoms with Gasteiger partial charge >= 0.3 is 0 Å². The van der Waals surface area contributed by atoms with Gasteiger partial charge in [-0.2, -0.15) is 0 Å². The van der Waals surface area contributed by atoms with Gasteiger partial charge in [-0.25, -0.2) is 0 Å². The van der Waals surface area contributed by atoms with E-state index in [-0.39, 0.29) is 24.0 Å². The van der Waals surface area contributed by atoms with Gasteiger partial charge in [0.2, 0.25) is 5.75 Å². The normalized spacial score (nSPS) is 11.1. The lowest BCUT2D eigenvalue weighted by Gasteiger charge is -2.21. The van der Waals surface area contributed by atoms with Crippen LogP contribution in [0.5, 0.6) is 17.2 Å². The number of rotatable bonds is 13. The quantitative estimate of drug-likeness (QED) is 0.179. The molecule has 0 saturated heterocycles. The van der Waals surface area contributed by atoms with Crippen LogP contribution in [0.1, 0.15) is 38.7 Å². The van der Waals surface area contributed by atoms with Crippen molar-refractivity contribution in [2.45, 2.75) is 39.7 Å².